The Morgan fingerprint density at radius 1 is 1.30 bits per heavy atom. The van der Waals surface area contributed by atoms with Gasteiger partial charge >= 0.3 is 0 Å². The fraction of sp³-hybridized carbons (Fsp3) is 0.647. The van der Waals surface area contributed by atoms with Gasteiger partial charge in [0.05, 0.1) is 10.7 Å². The fourth-order valence-corrected chi connectivity index (χ4v) is 3.43. The summed E-state index contributed by atoms with van der Waals surface area (Å²) in [5.74, 6) is 0. The van der Waals surface area contributed by atoms with Crippen molar-refractivity contribution >= 4 is 17.3 Å². The van der Waals surface area contributed by atoms with Crippen LogP contribution in [0.25, 0.3) is 0 Å². The van der Waals surface area contributed by atoms with Gasteiger partial charge in [-0.3, -0.25) is 0 Å². The smallest absolute Gasteiger partial charge is 0.0642 e. The van der Waals surface area contributed by atoms with E-state index >= 15 is 0 Å². The number of rotatable bonds is 6. The van der Waals surface area contributed by atoms with E-state index in [9.17, 15) is 0 Å². The number of benzene rings is 1. The van der Waals surface area contributed by atoms with Crippen LogP contribution in [-0.2, 0) is 6.54 Å². The zero-order chi connectivity index (χ0) is 14.4. The summed E-state index contributed by atoms with van der Waals surface area (Å²) in [6, 6.07) is 7.22. The molecule has 0 amide bonds. The molecule has 0 aromatic heterocycles. The van der Waals surface area contributed by atoms with E-state index < -0.39 is 0 Å². The molecule has 0 radical (unpaired) electrons. The Balaban J connectivity index is 2.13. The largest absolute Gasteiger partial charge is 0.367 e. The van der Waals surface area contributed by atoms with E-state index in [0.717, 1.165) is 24.7 Å². The lowest BCUT2D eigenvalue weighted by Crippen LogP contribution is -2.39. The molecule has 112 valence electrons. The summed E-state index contributed by atoms with van der Waals surface area (Å²) in [5, 5.41) is 4.25. The second kappa shape index (κ2) is 7.90. The molecule has 1 aliphatic rings. The van der Waals surface area contributed by atoms with Crippen LogP contribution in [0.4, 0.5) is 5.69 Å². The molecule has 1 saturated heterocycles. The molecule has 1 atom stereocenters. The number of nitrogens with zero attached hydrogens (tertiary/aromatic N) is 1. The van der Waals surface area contributed by atoms with Crippen molar-refractivity contribution < 1.29 is 0 Å². The Morgan fingerprint density at radius 2 is 2.15 bits per heavy atom. The second-order valence-electron chi connectivity index (χ2n) is 5.70. The zero-order valence-electron chi connectivity index (χ0n) is 12.8. The number of halogens is 1. The van der Waals surface area contributed by atoms with Crippen molar-refractivity contribution in [3.63, 3.8) is 0 Å². The highest BCUT2D eigenvalue weighted by molar-refractivity contribution is 6.33. The maximum Gasteiger partial charge on any atom is 0.0642 e. The number of piperidine rings is 1. The molecular formula is C17H27ClN2. The molecule has 20 heavy (non-hydrogen) atoms. The number of hydrogen-bond acceptors (Lipinski definition) is 2. The molecule has 2 rings (SSSR count). The van der Waals surface area contributed by atoms with Crippen LogP contribution in [0.1, 0.15) is 51.5 Å². The summed E-state index contributed by atoms with van der Waals surface area (Å²) < 4.78 is 0. The quantitative estimate of drug-likeness (QED) is 0.824. The molecule has 1 aliphatic heterocycles. The van der Waals surface area contributed by atoms with E-state index in [-0.39, 0.29) is 0 Å². The highest BCUT2D eigenvalue weighted by Crippen LogP contribution is 2.33. The minimum atomic E-state index is 0.672. The third-order valence-corrected chi connectivity index (χ3v) is 4.45. The lowest BCUT2D eigenvalue weighted by Gasteiger charge is -2.38. The molecule has 0 aliphatic carbocycles. The Kier molecular flexibility index (Phi) is 6.18. The Hall–Kier alpha value is -0.730. The Bertz CT molecular complexity index is 417. The monoisotopic (exact) mass is 294 g/mol. The van der Waals surface area contributed by atoms with Crippen molar-refractivity contribution in [2.45, 2.75) is 58.5 Å². The molecule has 1 heterocycles. The van der Waals surface area contributed by atoms with E-state index in [1.807, 2.05) is 0 Å². The molecular weight excluding hydrogens is 268 g/mol. The van der Waals surface area contributed by atoms with Crippen molar-refractivity contribution in [2.24, 2.45) is 0 Å². The first-order chi connectivity index (χ1) is 9.76. The van der Waals surface area contributed by atoms with Crippen LogP contribution in [0.5, 0.6) is 0 Å². The zero-order valence-corrected chi connectivity index (χ0v) is 13.5. The Morgan fingerprint density at radius 3 is 2.85 bits per heavy atom. The highest BCUT2D eigenvalue weighted by Gasteiger charge is 2.23. The first-order valence-electron chi connectivity index (χ1n) is 8.02. The summed E-state index contributed by atoms with van der Waals surface area (Å²) in [6.07, 6.45) is 6.48. The van der Waals surface area contributed by atoms with Gasteiger partial charge in [0.15, 0.2) is 0 Å². The van der Waals surface area contributed by atoms with Gasteiger partial charge in [-0.05, 0) is 49.9 Å². The van der Waals surface area contributed by atoms with Gasteiger partial charge < -0.3 is 10.2 Å². The topological polar surface area (TPSA) is 15.3 Å². The van der Waals surface area contributed by atoms with E-state index in [0.29, 0.717) is 6.04 Å². The number of nitrogens with one attached hydrogen (secondary N) is 1. The highest BCUT2D eigenvalue weighted by atomic mass is 35.5. The minimum Gasteiger partial charge on any atom is -0.367 e. The predicted octanol–water partition coefficient (Wildman–Crippen LogP) is 4.61. The summed E-state index contributed by atoms with van der Waals surface area (Å²) in [5.41, 5.74) is 2.50. The summed E-state index contributed by atoms with van der Waals surface area (Å²) in [4.78, 5) is 2.53. The van der Waals surface area contributed by atoms with E-state index in [1.54, 1.807) is 0 Å². The van der Waals surface area contributed by atoms with E-state index in [1.165, 1.54) is 43.4 Å². The lowest BCUT2D eigenvalue weighted by atomic mass is 9.97. The van der Waals surface area contributed by atoms with Crippen LogP contribution in [0.2, 0.25) is 5.02 Å². The van der Waals surface area contributed by atoms with E-state index in [4.69, 9.17) is 11.6 Å². The van der Waals surface area contributed by atoms with Gasteiger partial charge in [-0.25, -0.2) is 0 Å². The molecule has 0 saturated carbocycles. The summed E-state index contributed by atoms with van der Waals surface area (Å²) in [7, 11) is 0. The van der Waals surface area contributed by atoms with Crippen molar-refractivity contribution in [3.8, 4) is 0 Å². The molecule has 1 aromatic rings. The van der Waals surface area contributed by atoms with Crippen LogP contribution in [0.15, 0.2) is 18.2 Å². The lowest BCUT2D eigenvalue weighted by molar-refractivity contribution is 0.435. The predicted molar refractivity (Wildman–Crippen MR) is 88.7 cm³/mol. The number of anilines is 1. The second-order valence-corrected chi connectivity index (χ2v) is 6.10. The van der Waals surface area contributed by atoms with Gasteiger partial charge in [0.1, 0.15) is 0 Å². The van der Waals surface area contributed by atoms with E-state index in [2.05, 4.69) is 42.3 Å². The maximum absolute atomic E-state index is 6.54. The van der Waals surface area contributed by atoms with Gasteiger partial charge in [0, 0.05) is 19.1 Å². The molecule has 0 spiro atoms. The van der Waals surface area contributed by atoms with Crippen LogP contribution >= 0.6 is 11.6 Å². The average molecular weight is 295 g/mol. The van der Waals surface area contributed by atoms with Crippen LogP contribution in [-0.4, -0.2) is 19.1 Å². The molecule has 1 unspecified atom stereocenters. The van der Waals surface area contributed by atoms with Gasteiger partial charge in [0.25, 0.3) is 0 Å². The summed E-state index contributed by atoms with van der Waals surface area (Å²) >= 11 is 6.54. The fourth-order valence-electron chi connectivity index (χ4n) is 3.11. The maximum atomic E-state index is 6.54. The molecule has 3 heteroatoms. The molecule has 1 N–H and O–H groups in total. The Labute approximate surface area is 128 Å². The third-order valence-electron chi connectivity index (χ3n) is 4.15. The minimum absolute atomic E-state index is 0.672. The summed E-state index contributed by atoms with van der Waals surface area (Å²) in [6.45, 7) is 7.43. The third kappa shape index (κ3) is 3.89. The van der Waals surface area contributed by atoms with Crippen molar-refractivity contribution in [3.05, 3.63) is 28.8 Å². The SMILES string of the molecule is CCCC1CCCCN1c1ccc(CNCC)cc1Cl. The van der Waals surface area contributed by atoms with Gasteiger partial charge in [-0.2, -0.15) is 0 Å². The van der Waals surface area contributed by atoms with Crippen LogP contribution < -0.4 is 10.2 Å². The van der Waals surface area contributed by atoms with Crippen LogP contribution in [0, 0.1) is 0 Å². The van der Waals surface area contributed by atoms with Crippen molar-refractivity contribution in [2.75, 3.05) is 18.0 Å². The molecule has 2 nitrogen and oxygen atoms in total. The normalized spacial score (nSPS) is 19.4. The van der Waals surface area contributed by atoms with Crippen LogP contribution in [0.3, 0.4) is 0 Å². The molecule has 1 fully saturated rings. The standard InChI is InChI=1S/C17H27ClN2/c1-3-7-15-8-5-6-11-20(15)17-10-9-14(12-16(17)18)13-19-4-2/h9-10,12,15,19H,3-8,11,13H2,1-2H3. The molecule has 0 bridgehead atoms. The first-order valence-corrected chi connectivity index (χ1v) is 8.39. The number of hydrogen-bond donors (Lipinski definition) is 1. The average Bonchev–Trinajstić information content (AvgIpc) is 2.46. The van der Waals surface area contributed by atoms with Gasteiger partial charge in [-0.1, -0.05) is 37.9 Å². The van der Waals surface area contributed by atoms with Crippen molar-refractivity contribution in [1.82, 2.24) is 5.32 Å². The van der Waals surface area contributed by atoms with Crippen molar-refractivity contribution in [1.29, 1.82) is 0 Å². The van der Waals surface area contributed by atoms with Gasteiger partial charge in [-0.15, -0.1) is 0 Å². The van der Waals surface area contributed by atoms with Gasteiger partial charge in [0.2, 0.25) is 0 Å². The first kappa shape index (κ1) is 15.7. The molecule has 1 aromatic carbocycles.